The fourth-order valence-corrected chi connectivity index (χ4v) is 2.44. The number of benzene rings is 2. The fourth-order valence-electron chi connectivity index (χ4n) is 2.44. The molecule has 0 atom stereocenters. The highest BCUT2D eigenvalue weighted by atomic mass is 16.5. The van der Waals surface area contributed by atoms with Gasteiger partial charge in [-0.1, -0.05) is 13.8 Å². The van der Waals surface area contributed by atoms with Crippen LogP contribution < -0.4 is 10.1 Å². The van der Waals surface area contributed by atoms with Gasteiger partial charge in [0.1, 0.15) is 11.3 Å². The van der Waals surface area contributed by atoms with Crippen LogP contribution in [0.2, 0.25) is 0 Å². The zero-order valence-corrected chi connectivity index (χ0v) is 14.0. The van der Waals surface area contributed by atoms with Gasteiger partial charge in [0.25, 0.3) is 0 Å². The number of anilines is 1. The van der Waals surface area contributed by atoms with Gasteiger partial charge < -0.3 is 14.5 Å². The molecule has 5 nitrogen and oxygen atoms in total. The van der Waals surface area contributed by atoms with Crippen LogP contribution in [0.3, 0.4) is 0 Å². The predicted molar refractivity (Wildman–Crippen MR) is 94.1 cm³/mol. The van der Waals surface area contributed by atoms with E-state index in [1.165, 1.54) is 0 Å². The highest BCUT2D eigenvalue weighted by Crippen LogP contribution is 2.27. The summed E-state index contributed by atoms with van der Waals surface area (Å²) in [6.07, 6.45) is 0.492. The molecule has 0 aliphatic rings. The van der Waals surface area contributed by atoms with Crippen LogP contribution in [0.25, 0.3) is 22.6 Å². The molecule has 5 heteroatoms. The lowest BCUT2D eigenvalue weighted by Crippen LogP contribution is -2.13. The van der Waals surface area contributed by atoms with E-state index in [2.05, 4.69) is 10.3 Å². The lowest BCUT2D eigenvalue weighted by molar-refractivity contribution is -0.116. The van der Waals surface area contributed by atoms with E-state index in [1.54, 1.807) is 13.2 Å². The van der Waals surface area contributed by atoms with Gasteiger partial charge in [0.2, 0.25) is 11.8 Å². The number of hydrogen-bond donors (Lipinski definition) is 1. The summed E-state index contributed by atoms with van der Waals surface area (Å²) in [5.74, 6) is 1.64. The third kappa shape index (κ3) is 3.56. The number of methoxy groups -OCH3 is 1. The lowest BCUT2D eigenvalue weighted by Gasteiger charge is -2.06. The maximum Gasteiger partial charge on any atom is 0.227 e. The fraction of sp³-hybridized carbons (Fsp3) is 0.263. The SMILES string of the molecule is COc1ccc(-c2nc3ccc(NC(=O)CC(C)C)cc3o2)cc1. The summed E-state index contributed by atoms with van der Waals surface area (Å²) in [6.45, 7) is 4.03. The summed E-state index contributed by atoms with van der Waals surface area (Å²) >= 11 is 0. The molecule has 0 aliphatic heterocycles. The number of fused-ring (bicyclic) bond motifs is 1. The normalized spacial score (nSPS) is 11.0. The molecular formula is C19H20N2O3. The topological polar surface area (TPSA) is 64.4 Å². The molecule has 0 radical (unpaired) electrons. The minimum atomic E-state index is -0.000701. The summed E-state index contributed by atoms with van der Waals surface area (Å²) in [4.78, 5) is 16.4. The van der Waals surface area contributed by atoms with Crippen LogP contribution in [-0.2, 0) is 4.79 Å². The van der Waals surface area contributed by atoms with Crippen molar-refractivity contribution < 1.29 is 13.9 Å². The second-order valence-electron chi connectivity index (χ2n) is 6.08. The Morgan fingerprint density at radius 2 is 1.96 bits per heavy atom. The van der Waals surface area contributed by atoms with Gasteiger partial charge in [0.05, 0.1) is 7.11 Å². The molecule has 0 saturated carbocycles. The molecule has 0 unspecified atom stereocenters. The van der Waals surface area contributed by atoms with E-state index in [9.17, 15) is 4.79 Å². The van der Waals surface area contributed by atoms with Gasteiger partial charge in [0.15, 0.2) is 5.58 Å². The monoisotopic (exact) mass is 324 g/mol. The number of oxazole rings is 1. The number of hydrogen-bond acceptors (Lipinski definition) is 4. The Balaban J connectivity index is 1.84. The molecule has 124 valence electrons. The number of nitrogens with zero attached hydrogens (tertiary/aromatic N) is 1. The third-order valence-electron chi connectivity index (χ3n) is 3.60. The molecule has 1 N–H and O–H groups in total. The molecule has 2 aromatic carbocycles. The Kier molecular flexibility index (Phi) is 4.51. The quantitative estimate of drug-likeness (QED) is 0.751. The minimum absolute atomic E-state index is 0.000701. The van der Waals surface area contributed by atoms with Crippen molar-refractivity contribution in [3.63, 3.8) is 0 Å². The Hall–Kier alpha value is -2.82. The van der Waals surface area contributed by atoms with E-state index >= 15 is 0 Å². The largest absolute Gasteiger partial charge is 0.497 e. The molecule has 0 bridgehead atoms. The first-order chi connectivity index (χ1) is 11.5. The number of amides is 1. The van der Waals surface area contributed by atoms with Crippen molar-refractivity contribution in [2.45, 2.75) is 20.3 Å². The second-order valence-corrected chi connectivity index (χ2v) is 6.08. The van der Waals surface area contributed by atoms with Crippen molar-refractivity contribution in [2.24, 2.45) is 5.92 Å². The third-order valence-corrected chi connectivity index (χ3v) is 3.60. The van der Waals surface area contributed by atoms with Crippen LogP contribution in [0.5, 0.6) is 5.75 Å². The number of nitrogens with one attached hydrogen (secondary N) is 1. The average molecular weight is 324 g/mol. The van der Waals surface area contributed by atoms with E-state index in [-0.39, 0.29) is 5.91 Å². The zero-order chi connectivity index (χ0) is 17.1. The van der Waals surface area contributed by atoms with E-state index in [0.717, 1.165) is 16.8 Å². The van der Waals surface area contributed by atoms with Crippen LogP contribution in [0, 0.1) is 5.92 Å². The molecule has 1 aromatic heterocycles. The highest BCUT2D eigenvalue weighted by Gasteiger charge is 2.11. The van der Waals surface area contributed by atoms with Crippen molar-refractivity contribution in [3.05, 3.63) is 42.5 Å². The molecule has 0 aliphatic carbocycles. The van der Waals surface area contributed by atoms with Gasteiger partial charge in [-0.3, -0.25) is 4.79 Å². The van der Waals surface area contributed by atoms with Gasteiger partial charge >= 0.3 is 0 Å². The molecule has 1 heterocycles. The summed E-state index contributed by atoms with van der Waals surface area (Å²) in [7, 11) is 1.63. The highest BCUT2D eigenvalue weighted by molar-refractivity contribution is 5.93. The van der Waals surface area contributed by atoms with Gasteiger partial charge in [0, 0.05) is 23.7 Å². The Morgan fingerprint density at radius 3 is 2.62 bits per heavy atom. The van der Waals surface area contributed by atoms with Gasteiger partial charge in [-0.25, -0.2) is 4.98 Å². The molecule has 0 saturated heterocycles. The summed E-state index contributed by atoms with van der Waals surface area (Å²) in [6, 6.07) is 13.0. The standard InChI is InChI=1S/C19H20N2O3/c1-12(2)10-18(22)20-14-6-9-16-17(11-14)24-19(21-16)13-4-7-15(23-3)8-5-13/h4-9,11-12H,10H2,1-3H3,(H,20,22). The zero-order valence-electron chi connectivity index (χ0n) is 14.0. The van der Waals surface area contributed by atoms with Gasteiger partial charge in [-0.2, -0.15) is 0 Å². The average Bonchev–Trinajstić information content (AvgIpc) is 2.97. The van der Waals surface area contributed by atoms with Crippen molar-refractivity contribution in [1.82, 2.24) is 4.98 Å². The van der Waals surface area contributed by atoms with Gasteiger partial charge in [-0.15, -0.1) is 0 Å². The van der Waals surface area contributed by atoms with Crippen molar-refractivity contribution in [1.29, 1.82) is 0 Å². The van der Waals surface area contributed by atoms with Crippen LogP contribution in [0.15, 0.2) is 46.9 Å². The first-order valence-corrected chi connectivity index (χ1v) is 7.90. The molecule has 3 rings (SSSR count). The molecule has 0 spiro atoms. The molecular weight excluding hydrogens is 304 g/mol. The molecule has 3 aromatic rings. The second kappa shape index (κ2) is 6.74. The van der Waals surface area contributed by atoms with Crippen molar-refractivity contribution in [3.8, 4) is 17.2 Å². The predicted octanol–water partition coefficient (Wildman–Crippen LogP) is 4.49. The van der Waals surface area contributed by atoms with Crippen LogP contribution in [0.4, 0.5) is 5.69 Å². The van der Waals surface area contributed by atoms with Crippen LogP contribution in [-0.4, -0.2) is 18.0 Å². The summed E-state index contributed by atoms with van der Waals surface area (Å²) in [5.41, 5.74) is 2.98. The van der Waals surface area contributed by atoms with Crippen molar-refractivity contribution in [2.75, 3.05) is 12.4 Å². The number of ether oxygens (including phenoxy) is 1. The Morgan fingerprint density at radius 1 is 1.21 bits per heavy atom. The molecule has 1 amide bonds. The maximum atomic E-state index is 11.9. The van der Waals surface area contributed by atoms with E-state index in [4.69, 9.17) is 9.15 Å². The number of carbonyl (C=O) groups is 1. The first kappa shape index (κ1) is 16.1. The minimum Gasteiger partial charge on any atom is -0.497 e. The summed E-state index contributed by atoms with van der Waals surface area (Å²) < 4.78 is 11.0. The number of aromatic nitrogens is 1. The maximum absolute atomic E-state index is 11.9. The summed E-state index contributed by atoms with van der Waals surface area (Å²) in [5, 5.41) is 2.89. The van der Waals surface area contributed by atoms with Crippen molar-refractivity contribution >= 4 is 22.7 Å². The van der Waals surface area contributed by atoms with Crippen LogP contribution >= 0.6 is 0 Å². The lowest BCUT2D eigenvalue weighted by atomic mass is 10.1. The number of rotatable bonds is 5. The van der Waals surface area contributed by atoms with E-state index in [1.807, 2.05) is 50.2 Å². The van der Waals surface area contributed by atoms with E-state index < -0.39 is 0 Å². The van der Waals surface area contributed by atoms with Crippen LogP contribution in [0.1, 0.15) is 20.3 Å². The Labute approximate surface area is 140 Å². The molecule has 0 fully saturated rings. The Bertz CT molecular complexity index is 851. The smallest absolute Gasteiger partial charge is 0.227 e. The number of carbonyl (C=O) groups excluding carboxylic acids is 1. The molecule has 24 heavy (non-hydrogen) atoms. The van der Waals surface area contributed by atoms with E-state index in [0.29, 0.717) is 29.5 Å². The van der Waals surface area contributed by atoms with Gasteiger partial charge in [-0.05, 0) is 42.3 Å². The first-order valence-electron chi connectivity index (χ1n) is 7.90.